The van der Waals surface area contributed by atoms with Crippen molar-refractivity contribution in [1.82, 2.24) is 15.1 Å². The van der Waals surface area contributed by atoms with Crippen molar-refractivity contribution in [2.45, 2.75) is 6.92 Å². The molecule has 1 aromatic carbocycles. The standard InChI is InChI=1S/C15H20FN3O2.ClH/c1-11-3-4-12(9-13(11)16)15(21)18(2)10-14(20)19-7-5-17-6-8-19;/h3-4,9,17H,5-8,10H2,1-2H3;1H. The molecular formula is C15H21ClFN3O2. The summed E-state index contributed by atoms with van der Waals surface area (Å²) >= 11 is 0. The lowest BCUT2D eigenvalue weighted by Crippen LogP contribution is -2.49. The van der Waals surface area contributed by atoms with Crippen LogP contribution in [0.25, 0.3) is 0 Å². The molecule has 2 rings (SSSR count). The quantitative estimate of drug-likeness (QED) is 0.902. The second kappa shape index (κ2) is 8.10. The molecule has 0 saturated carbocycles. The van der Waals surface area contributed by atoms with Crippen LogP contribution in [0.3, 0.4) is 0 Å². The van der Waals surface area contributed by atoms with Crippen molar-refractivity contribution in [3.63, 3.8) is 0 Å². The Labute approximate surface area is 135 Å². The molecule has 1 heterocycles. The van der Waals surface area contributed by atoms with Gasteiger partial charge in [-0.3, -0.25) is 9.59 Å². The fraction of sp³-hybridized carbons (Fsp3) is 0.467. The summed E-state index contributed by atoms with van der Waals surface area (Å²) in [6.45, 7) is 4.49. The molecule has 2 amide bonds. The van der Waals surface area contributed by atoms with Crippen LogP contribution in [0, 0.1) is 12.7 Å². The zero-order chi connectivity index (χ0) is 15.4. The van der Waals surface area contributed by atoms with E-state index in [0.29, 0.717) is 18.7 Å². The maximum Gasteiger partial charge on any atom is 0.254 e. The van der Waals surface area contributed by atoms with Crippen LogP contribution in [0.4, 0.5) is 4.39 Å². The van der Waals surface area contributed by atoms with E-state index in [4.69, 9.17) is 0 Å². The van der Waals surface area contributed by atoms with Gasteiger partial charge in [-0.25, -0.2) is 4.39 Å². The number of benzene rings is 1. The predicted octanol–water partition coefficient (Wildman–Crippen LogP) is 1.06. The maximum atomic E-state index is 13.5. The number of piperazine rings is 1. The molecule has 0 spiro atoms. The molecule has 1 aliphatic rings. The van der Waals surface area contributed by atoms with E-state index in [2.05, 4.69) is 5.32 Å². The van der Waals surface area contributed by atoms with Crippen LogP contribution in [0.5, 0.6) is 0 Å². The highest BCUT2D eigenvalue weighted by Crippen LogP contribution is 2.11. The minimum absolute atomic E-state index is 0. The molecule has 0 aromatic heterocycles. The fourth-order valence-corrected chi connectivity index (χ4v) is 2.24. The highest BCUT2D eigenvalue weighted by Gasteiger charge is 2.21. The van der Waals surface area contributed by atoms with Gasteiger partial charge in [0.15, 0.2) is 0 Å². The first kappa shape index (κ1) is 18.4. The van der Waals surface area contributed by atoms with Crippen LogP contribution < -0.4 is 5.32 Å². The van der Waals surface area contributed by atoms with Crippen molar-refractivity contribution in [3.8, 4) is 0 Å². The van der Waals surface area contributed by atoms with E-state index >= 15 is 0 Å². The first-order valence-corrected chi connectivity index (χ1v) is 6.99. The lowest BCUT2D eigenvalue weighted by Gasteiger charge is -2.29. The van der Waals surface area contributed by atoms with Crippen LogP contribution in [-0.2, 0) is 4.79 Å². The van der Waals surface area contributed by atoms with Gasteiger partial charge in [-0.15, -0.1) is 12.4 Å². The molecule has 1 N–H and O–H groups in total. The van der Waals surface area contributed by atoms with E-state index in [-0.39, 0.29) is 36.3 Å². The summed E-state index contributed by atoms with van der Waals surface area (Å²) in [5.41, 5.74) is 0.750. The first-order chi connectivity index (χ1) is 9.99. The highest BCUT2D eigenvalue weighted by molar-refractivity contribution is 5.96. The third-order valence-corrected chi connectivity index (χ3v) is 3.61. The molecule has 122 valence electrons. The molecule has 1 saturated heterocycles. The highest BCUT2D eigenvalue weighted by atomic mass is 35.5. The summed E-state index contributed by atoms with van der Waals surface area (Å²) in [5, 5.41) is 3.17. The Bertz CT molecular complexity index is 548. The van der Waals surface area contributed by atoms with E-state index < -0.39 is 5.82 Å². The summed E-state index contributed by atoms with van der Waals surface area (Å²) in [6, 6.07) is 4.35. The van der Waals surface area contributed by atoms with Gasteiger partial charge in [0.2, 0.25) is 5.91 Å². The van der Waals surface area contributed by atoms with Gasteiger partial charge >= 0.3 is 0 Å². The lowest BCUT2D eigenvalue weighted by atomic mass is 10.1. The van der Waals surface area contributed by atoms with Crippen LogP contribution in [-0.4, -0.2) is 61.4 Å². The van der Waals surface area contributed by atoms with Crippen molar-refractivity contribution in [2.24, 2.45) is 0 Å². The smallest absolute Gasteiger partial charge is 0.254 e. The summed E-state index contributed by atoms with van der Waals surface area (Å²) in [6.07, 6.45) is 0. The Morgan fingerprint density at radius 1 is 1.32 bits per heavy atom. The zero-order valence-corrected chi connectivity index (χ0v) is 13.6. The van der Waals surface area contributed by atoms with Gasteiger partial charge < -0.3 is 15.1 Å². The molecule has 0 unspecified atom stereocenters. The van der Waals surface area contributed by atoms with Crippen molar-refractivity contribution in [1.29, 1.82) is 0 Å². The van der Waals surface area contributed by atoms with E-state index in [0.717, 1.165) is 13.1 Å². The fourth-order valence-electron chi connectivity index (χ4n) is 2.24. The number of amides is 2. The predicted molar refractivity (Wildman–Crippen MR) is 84.8 cm³/mol. The van der Waals surface area contributed by atoms with Gasteiger partial charge in [0.1, 0.15) is 5.82 Å². The molecule has 0 aliphatic carbocycles. The monoisotopic (exact) mass is 329 g/mol. The van der Waals surface area contributed by atoms with Crippen molar-refractivity contribution < 1.29 is 14.0 Å². The van der Waals surface area contributed by atoms with E-state index in [9.17, 15) is 14.0 Å². The average molecular weight is 330 g/mol. The normalized spacial score (nSPS) is 14.2. The minimum Gasteiger partial charge on any atom is -0.339 e. The van der Waals surface area contributed by atoms with E-state index in [1.54, 1.807) is 31.0 Å². The van der Waals surface area contributed by atoms with Gasteiger partial charge in [-0.2, -0.15) is 0 Å². The van der Waals surface area contributed by atoms with Crippen LogP contribution in [0.2, 0.25) is 0 Å². The molecule has 0 bridgehead atoms. The Kier molecular flexibility index (Phi) is 6.77. The zero-order valence-electron chi connectivity index (χ0n) is 12.8. The molecular weight excluding hydrogens is 309 g/mol. The van der Waals surface area contributed by atoms with Crippen LogP contribution in [0.1, 0.15) is 15.9 Å². The van der Waals surface area contributed by atoms with Gasteiger partial charge in [-0.1, -0.05) is 6.07 Å². The van der Waals surface area contributed by atoms with Crippen LogP contribution in [0.15, 0.2) is 18.2 Å². The summed E-state index contributed by atoms with van der Waals surface area (Å²) < 4.78 is 13.5. The largest absolute Gasteiger partial charge is 0.339 e. The number of halogens is 2. The van der Waals surface area contributed by atoms with Crippen molar-refractivity contribution in [3.05, 3.63) is 35.1 Å². The SMILES string of the molecule is Cc1ccc(C(=O)N(C)CC(=O)N2CCNCC2)cc1F.Cl. The van der Waals surface area contributed by atoms with E-state index in [1.165, 1.54) is 11.0 Å². The number of rotatable bonds is 3. The number of aryl methyl sites for hydroxylation is 1. The number of carbonyl (C=O) groups excluding carboxylic acids is 2. The number of carbonyl (C=O) groups is 2. The third kappa shape index (κ3) is 4.42. The molecule has 1 fully saturated rings. The molecule has 7 heteroatoms. The Hall–Kier alpha value is -1.66. The Morgan fingerprint density at radius 2 is 1.95 bits per heavy atom. The average Bonchev–Trinajstić information content (AvgIpc) is 2.50. The summed E-state index contributed by atoms with van der Waals surface area (Å²) in [5.74, 6) is -0.847. The second-order valence-corrected chi connectivity index (χ2v) is 5.26. The number of likely N-dealkylation sites (N-methyl/N-ethyl adjacent to an activating group) is 1. The first-order valence-electron chi connectivity index (χ1n) is 6.99. The molecule has 5 nitrogen and oxygen atoms in total. The number of nitrogens with one attached hydrogen (secondary N) is 1. The van der Waals surface area contributed by atoms with Gasteiger partial charge in [0, 0.05) is 38.8 Å². The topological polar surface area (TPSA) is 52.7 Å². The van der Waals surface area contributed by atoms with Crippen molar-refractivity contribution >= 4 is 24.2 Å². The molecule has 1 aromatic rings. The lowest BCUT2D eigenvalue weighted by molar-refractivity contribution is -0.132. The third-order valence-electron chi connectivity index (χ3n) is 3.61. The second-order valence-electron chi connectivity index (χ2n) is 5.26. The Morgan fingerprint density at radius 3 is 2.55 bits per heavy atom. The summed E-state index contributed by atoms with van der Waals surface area (Å²) in [7, 11) is 1.56. The molecule has 22 heavy (non-hydrogen) atoms. The summed E-state index contributed by atoms with van der Waals surface area (Å²) in [4.78, 5) is 27.4. The molecule has 1 aliphatic heterocycles. The van der Waals surface area contributed by atoms with Gasteiger partial charge in [0.05, 0.1) is 6.54 Å². The van der Waals surface area contributed by atoms with Gasteiger partial charge in [-0.05, 0) is 24.6 Å². The maximum absolute atomic E-state index is 13.5. The number of nitrogens with zero attached hydrogens (tertiary/aromatic N) is 2. The van der Waals surface area contributed by atoms with Gasteiger partial charge in [0.25, 0.3) is 5.91 Å². The molecule has 0 radical (unpaired) electrons. The number of hydrogen-bond donors (Lipinski definition) is 1. The minimum atomic E-state index is -0.414. The van der Waals surface area contributed by atoms with Crippen LogP contribution >= 0.6 is 12.4 Å². The molecule has 0 atom stereocenters. The Balaban J connectivity index is 0.00000242. The number of hydrogen-bond acceptors (Lipinski definition) is 3. The van der Waals surface area contributed by atoms with Crippen molar-refractivity contribution in [2.75, 3.05) is 39.8 Å². The van der Waals surface area contributed by atoms with E-state index in [1.807, 2.05) is 0 Å².